The van der Waals surface area contributed by atoms with Crippen LogP contribution in [0.1, 0.15) is 17.4 Å². The fourth-order valence-corrected chi connectivity index (χ4v) is 2.98. The maximum atomic E-state index is 12.0. The highest BCUT2D eigenvalue weighted by Gasteiger charge is 2.12. The van der Waals surface area contributed by atoms with E-state index in [2.05, 4.69) is 10.3 Å². The van der Waals surface area contributed by atoms with Crippen molar-refractivity contribution in [3.63, 3.8) is 0 Å². The van der Waals surface area contributed by atoms with Crippen molar-refractivity contribution in [1.29, 1.82) is 0 Å². The van der Waals surface area contributed by atoms with Crippen molar-refractivity contribution < 1.29 is 14.6 Å². The Kier molecular flexibility index (Phi) is 4.59. The van der Waals surface area contributed by atoms with Crippen LogP contribution in [0.5, 0.6) is 5.75 Å². The monoisotopic (exact) mass is 331 g/mol. The predicted octanol–water partition coefficient (Wildman–Crippen LogP) is 1.80. The molecule has 120 valence electrons. The van der Waals surface area contributed by atoms with Gasteiger partial charge in [-0.2, -0.15) is 0 Å². The van der Waals surface area contributed by atoms with Crippen LogP contribution in [0.3, 0.4) is 0 Å². The van der Waals surface area contributed by atoms with Crippen molar-refractivity contribution in [2.45, 2.75) is 12.5 Å². The molecule has 1 aromatic carbocycles. The van der Waals surface area contributed by atoms with E-state index in [4.69, 9.17) is 4.74 Å². The zero-order valence-electron chi connectivity index (χ0n) is 12.6. The largest absolute Gasteiger partial charge is 0.497 e. The molecule has 2 heterocycles. The molecule has 0 fully saturated rings. The van der Waals surface area contributed by atoms with E-state index < -0.39 is 6.10 Å². The number of thiazole rings is 1. The molecule has 0 spiro atoms. The molecule has 3 rings (SSSR count). The molecule has 3 aromatic rings. The van der Waals surface area contributed by atoms with Crippen LogP contribution in [-0.4, -0.2) is 34.1 Å². The van der Waals surface area contributed by atoms with Crippen LogP contribution in [0.2, 0.25) is 0 Å². The Morgan fingerprint density at radius 2 is 2.39 bits per heavy atom. The second kappa shape index (κ2) is 6.80. The number of aliphatic hydroxyl groups excluding tert-OH is 1. The van der Waals surface area contributed by atoms with Crippen LogP contribution in [0.25, 0.3) is 4.96 Å². The van der Waals surface area contributed by atoms with E-state index in [0.717, 1.165) is 4.96 Å². The van der Waals surface area contributed by atoms with Crippen molar-refractivity contribution in [2.24, 2.45) is 0 Å². The quantitative estimate of drug-likeness (QED) is 0.722. The number of carbonyl (C=O) groups excluding carboxylic acids is 1. The van der Waals surface area contributed by atoms with Gasteiger partial charge < -0.3 is 15.2 Å². The predicted molar refractivity (Wildman–Crippen MR) is 87.7 cm³/mol. The number of benzene rings is 1. The Labute approximate surface area is 137 Å². The zero-order valence-corrected chi connectivity index (χ0v) is 13.4. The van der Waals surface area contributed by atoms with Crippen molar-refractivity contribution in [3.8, 4) is 5.75 Å². The molecular weight excluding hydrogens is 314 g/mol. The van der Waals surface area contributed by atoms with Crippen LogP contribution in [0.4, 0.5) is 0 Å². The number of nitrogens with zero attached hydrogens (tertiary/aromatic N) is 2. The number of aliphatic hydroxyl groups is 1. The maximum absolute atomic E-state index is 12.0. The van der Waals surface area contributed by atoms with Gasteiger partial charge in [0.1, 0.15) is 5.75 Å². The molecule has 1 atom stereocenters. The van der Waals surface area contributed by atoms with Gasteiger partial charge in [-0.1, -0.05) is 12.1 Å². The number of rotatable bonds is 6. The van der Waals surface area contributed by atoms with Crippen molar-refractivity contribution in [1.82, 2.24) is 14.7 Å². The molecule has 0 saturated heterocycles. The van der Waals surface area contributed by atoms with Gasteiger partial charge in [0.2, 0.25) is 5.91 Å². The Hall–Kier alpha value is -2.38. The molecule has 1 unspecified atom stereocenters. The lowest BCUT2D eigenvalue weighted by atomic mass is 10.1. The van der Waals surface area contributed by atoms with E-state index in [1.54, 1.807) is 31.4 Å². The van der Waals surface area contributed by atoms with Crippen LogP contribution in [0.15, 0.2) is 42.0 Å². The number of nitrogens with one attached hydrogen (secondary N) is 1. The molecule has 0 radical (unpaired) electrons. The normalized spacial score (nSPS) is 12.3. The molecule has 2 N–H and O–H groups in total. The van der Waals surface area contributed by atoms with Gasteiger partial charge in [-0.25, -0.2) is 4.98 Å². The summed E-state index contributed by atoms with van der Waals surface area (Å²) in [4.78, 5) is 17.2. The van der Waals surface area contributed by atoms with Gasteiger partial charge in [0, 0.05) is 24.3 Å². The lowest BCUT2D eigenvalue weighted by Gasteiger charge is -2.13. The summed E-state index contributed by atoms with van der Waals surface area (Å²) in [6, 6.07) is 7.15. The van der Waals surface area contributed by atoms with Crippen molar-refractivity contribution in [2.75, 3.05) is 13.7 Å². The van der Waals surface area contributed by atoms with Gasteiger partial charge in [0.05, 0.1) is 25.3 Å². The van der Waals surface area contributed by atoms with Crippen LogP contribution >= 0.6 is 11.3 Å². The average molecular weight is 331 g/mol. The van der Waals surface area contributed by atoms with E-state index in [1.807, 2.05) is 22.2 Å². The summed E-state index contributed by atoms with van der Waals surface area (Å²) in [5, 5.41) is 14.8. The minimum Gasteiger partial charge on any atom is -0.497 e. The molecule has 0 aliphatic heterocycles. The Bertz CT molecular complexity index is 783. The molecule has 6 nitrogen and oxygen atoms in total. The molecule has 7 heteroatoms. The SMILES string of the molecule is COc1cccc(C(O)CNC(=O)Cc2cn3ccsc3n2)c1. The molecule has 0 saturated carbocycles. The minimum absolute atomic E-state index is 0.147. The molecule has 0 aliphatic rings. The van der Waals surface area contributed by atoms with Gasteiger partial charge in [-0.3, -0.25) is 9.20 Å². The summed E-state index contributed by atoms with van der Waals surface area (Å²) in [6.45, 7) is 0.147. The van der Waals surface area contributed by atoms with E-state index in [0.29, 0.717) is 17.0 Å². The number of amides is 1. The highest BCUT2D eigenvalue weighted by Crippen LogP contribution is 2.18. The third kappa shape index (κ3) is 3.69. The van der Waals surface area contributed by atoms with Crippen molar-refractivity contribution >= 4 is 22.2 Å². The molecule has 0 bridgehead atoms. The minimum atomic E-state index is -0.778. The standard InChI is InChI=1S/C16H17N3O3S/c1-22-13-4-2-3-11(7-13)14(20)9-17-15(21)8-12-10-19-5-6-23-16(19)18-12/h2-7,10,14,20H,8-9H2,1H3,(H,17,21). The smallest absolute Gasteiger partial charge is 0.226 e. The lowest BCUT2D eigenvalue weighted by Crippen LogP contribution is -2.29. The molecule has 1 amide bonds. The molecule has 2 aromatic heterocycles. The summed E-state index contributed by atoms with van der Waals surface area (Å²) in [7, 11) is 1.57. The van der Waals surface area contributed by atoms with Crippen LogP contribution in [-0.2, 0) is 11.2 Å². The maximum Gasteiger partial charge on any atom is 0.226 e. The number of methoxy groups -OCH3 is 1. The third-order valence-corrected chi connectivity index (χ3v) is 4.23. The van der Waals surface area contributed by atoms with Crippen LogP contribution < -0.4 is 10.1 Å². The van der Waals surface area contributed by atoms with Gasteiger partial charge >= 0.3 is 0 Å². The average Bonchev–Trinajstić information content (AvgIpc) is 3.14. The number of carbonyl (C=O) groups is 1. The first-order chi connectivity index (χ1) is 11.2. The number of imidazole rings is 1. The number of aromatic nitrogens is 2. The fourth-order valence-electron chi connectivity index (χ4n) is 2.27. The van der Waals surface area contributed by atoms with E-state index in [9.17, 15) is 9.90 Å². The number of fused-ring (bicyclic) bond motifs is 1. The topological polar surface area (TPSA) is 75.9 Å². The third-order valence-electron chi connectivity index (χ3n) is 3.46. The van der Waals surface area contributed by atoms with Gasteiger partial charge in [0.25, 0.3) is 0 Å². The summed E-state index contributed by atoms with van der Waals surface area (Å²) < 4.78 is 7.01. The first kappa shape index (κ1) is 15.5. The molecule has 0 aliphatic carbocycles. The summed E-state index contributed by atoms with van der Waals surface area (Å²) >= 11 is 1.52. The second-order valence-corrected chi connectivity index (χ2v) is 5.97. The summed E-state index contributed by atoms with van der Waals surface area (Å²) in [5.74, 6) is 0.503. The van der Waals surface area contributed by atoms with Crippen molar-refractivity contribution in [3.05, 3.63) is 53.3 Å². The Balaban J connectivity index is 1.54. The summed E-state index contributed by atoms with van der Waals surface area (Å²) in [5.41, 5.74) is 1.41. The second-order valence-electron chi connectivity index (χ2n) is 5.10. The van der Waals surface area contributed by atoms with E-state index in [-0.39, 0.29) is 18.9 Å². The first-order valence-electron chi connectivity index (χ1n) is 7.15. The Morgan fingerprint density at radius 1 is 1.52 bits per heavy atom. The van der Waals surface area contributed by atoms with E-state index >= 15 is 0 Å². The fraction of sp³-hybridized carbons (Fsp3) is 0.250. The highest BCUT2D eigenvalue weighted by molar-refractivity contribution is 7.15. The number of hydrogen-bond acceptors (Lipinski definition) is 5. The molecule has 23 heavy (non-hydrogen) atoms. The number of ether oxygens (including phenoxy) is 1. The zero-order chi connectivity index (χ0) is 16.2. The van der Waals surface area contributed by atoms with Gasteiger partial charge in [-0.15, -0.1) is 11.3 Å². The molecular formula is C16H17N3O3S. The lowest BCUT2D eigenvalue weighted by molar-refractivity contribution is -0.120. The highest BCUT2D eigenvalue weighted by atomic mass is 32.1. The van der Waals surface area contributed by atoms with Gasteiger partial charge in [0.15, 0.2) is 4.96 Å². The number of hydrogen-bond donors (Lipinski definition) is 2. The van der Waals surface area contributed by atoms with Crippen LogP contribution in [0, 0.1) is 0 Å². The first-order valence-corrected chi connectivity index (χ1v) is 8.03. The van der Waals surface area contributed by atoms with E-state index in [1.165, 1.54) is 11.3 Å². The van der Waals surface area contributed by atoms with Gasteiger partial charge in [-0.05, 0) is 17.7 Å². The Morgan fingerprint density at radius 3 is 3.17 bits per heavy atom. The summed E-state index contributed by atoms with van der Waals surface area (Å²) in [6.07, 6.45) is 3.16.